The van der Waals surface area contributed by atoms with E-state index in [0.717, 1.165) is 23.6 Å². The summed E-state index contributed by atoms with van der Waals surface area (Å²) in [6.45, 7) is 0. The molecule has 6 heteroatoms. The van der Waals surface area contributed by atoms with Crippen molar-refractivity contribution in [1.29, 1.82) is 0 Å². The fraction of sp³-hybridized carbons (Fsp3) is 0.429. The first-order chi connectivity index (χ1) is 9.72. The Balaban J connectivity index is 1.67. The van der Waals surface area contributed by atoms with Crippen LogP contribution in [0.4, 0.5) is 0 Å². The van der Waals surface area contributed by atoms with Crippen LogP contribution in [0.3, 0.4) is 0 Å². The van der Waals surface area contributed by atoms with Crippen LogP contribution in [0.1, 0.15) is 41.4 Å². The number of benzene rings is 1. The topological polar surface area (TPSA) is 85.2 Å². The average molecular weight is 291 g/mol. The summed E-state index contributed by atoms with van der Waals surface area (Å²) in [6, 6.07) is 6.68. The second-order valence-electron chi connectivity index (χ2n) is 4.97. The largest absolute Gasteiger partial charge is 0.508 e. The maximum atomic E-state index is 9.26. The maximum Gasteiger partial charge on any atom is 0.243 e. The molecule has 3 rings (SSSR count). The molecule has 0 radical (unpaired) electrons. The lowest BCUT2D eigenvalue weighted by molar-refractivity contribution is 0.350. The Morgan fingerprint density at radius 3 is 2.90 bits per heavy atom. The van der Waals surface area contributed by atoms with E-state index in [-0.39, 0.29) is 11.8 Å². The fourth-order valence-corrected chi connectivity index (χ4v) is 3.48. The van der Waals surface area contributed by atoms with Gasteiger partial charge in [-0.3, -0.25) is 0 Å². The number of phenolic OH excluding ortho intramolecular Hbond substituents is 1. The van der Waals surface area contributed by atoms with Crippen molar-refractivity contribution in [3.05, 3.63) is 41.5 Å². The molecule has 1 aliphatic rings. The van der Waals surface area contributed by atoms with Crippen LogP contribution in [0, 0.1) is 0 Å². The number of thioether (sulfide) groups is 1. The zero-order chi connectivity index (χ0) is 13.9. The van der Waals surface area contributed by atoms with Crippen molar-refractivity contribution < 1.29 is 9.63 Å². The highest BCUT2D eigenvalue weighted by molar-refractivity contribution is 7.99. The molecule has 1 aliphatic heterocycles. The summed E-state index contributed by atoms with van der Waals surface area (Å²) in [7, 11) is 0. The van der Waals surface area contributed by atoms with Crippen LogP contribution in [0.25, 0.3) is 0 Å². The molecule has 1 fully saturated rings. The standard InChI is InChI=1S/C14H17N3O2S/c15-11(8-9-3-5-10(18)6-4-9)14-16-13(17-19-14)12-2-1-7-20-12/h3-6,11-12,18H,1-2,7-8,15H2. The Labute approximate surface area is 121 Å². The van der Waals surface area contributed by atoms with E-state index in [1.807, 2.05) is 23.9 Å². The van der Waals surface area contributed by atoms with Gasteiger partial charge in [0.1, 0.15) is 5.75 Å². The zero-order valence-electron chi connectivity index (χ0n) is 11.0. The third-order valence-electron chi connectivity index (χ3n) is 3.38. The number of hydrogen-bond acceptors (Lipinski definition) is 6. The second kappa shape index (κ2) is 5.85. The Morgan fingerprint density at radius 2 is 2.20 bits per heavy atom. The summed E-state index contributed by atoms with van der Waals surface area (Å²) >= 11 is 1.87. The minimum absolute atomic E-state index is 0.251. The highest BCUT2D eigenvalue weighted by atomic mass is 32.2. The number of nitrogens with zero attached hydrogens (tertiary/aromatic N) is 2. The van der Waals surface area contributed by atoms with Crippen LogP contribution in [-0.4, -0.2) is 21.0 Å². The molecular weight excluding hydrogens is 274 g/mol. The van der Waals surface area contributed by atoms with Gasteiger partial charge in [-0.25, -0.2) is 0 Å². The monoisotopic (exact) mass is 291 g/mol. The summed E-state index contributed by atoms with van der Waals surface area (Å²) in [5, 5.41) is 13.7. The maximum absolute atomic E-state index is 9.26. The minimum atomic E-state index is -0.313. The minimum Gasteiger partial charge on any atom is -0.508 e. The van der Waals surface area contributed by atoms with E-state index in [2.05, 4.69) is 10.1 Å². The highest BCUT2D eigenvalue weighted by Gasteiger charge is 2.24. The molecule has 0 aliphatic carbocycles. The van der Waals surface area contributed by atoms with Crippen LogP contribution in [-0.2, 0) is 6.42 Å². The lowest BCUT2D eigenvalue weighted by atomic mass is 10.1. The molecule has 0 bridgehead atoms. The van der Waals surface area contributed by atoms with Gasteiger partial charge in [0, 0.05) is 0 Å². The van der Waals surface area contributed by atoms with Gasteiger partial charge in [-0.1, -0.05) is 17.3 Å². The number of nitrogens with two attached hydrogens (primary N) is 1. The van der Waals surface area contributed by atoms with Crippen molar-refractivity contribution in [3.8, 4) is 5.75 Å². The molecule has 0 spiro atoms. The third-order valence-corrected chi connectivity index (χ3v) is 4.76. The normalized spacial score (nSPS) is 20.1. The lowest BCUT2D eigenvalue weighted by Gasteiger charge is -2.06. The number of phenols is 1. The number of hydrogen-bond donors (Lipinski definition) is 2. The summed E-state index contributed by atoms with van der Waals surface area (Å²) in [5.74, 6) is 2.67. The summed E-state index contributed by atoms with van der Waals surface area (Å²) in [6.07, 6.45) is 2.93. The van der Waals surface area contributed by atoms with Gasteiger partial charge in [0.15, 0.2) is 5.82 Å². The van der Waals surface area contributed by atoms with Crippen molar-refractivity contribution in [2.24, 2.45) is 5.73 Å². The van der Waals surface area contributed by atoms with E-state index in [0.29, 0.717) is 17.6 Å². The average Bonchev–Trinajstić information content (AvgIpc) is 3.11. The molecule has 3 N–H and O–H groups in total. The van der Waals surface area contributed by atoms with E-state index >= 15 is 0 Å². The van der Waals surface area contributed by atoms with Gasteiger partial charge < -0.3 is 15.4 Å². The predicted octanol–water partition coefficient (Wildman–Crippen LogP) is 2.59. The van der Waals surface area contributed by atoms with E-state index in [1.165, 1.54) is 6.42 Å². The van der Waals surface area contributed by atoms with Gasteiger partial charge >= 0.3 is 0 Å². The molecule has 1 saturated heterocycles. The van der Waals surface area contributed by atoms with Crippen molar-refractivity contribution in [2.75, 3.05) is 5.75 Å². The Kier molecular flexibility index (Phi) is 3.93. The smallest absolute Gasteiger partial charge is 0.243 e. The van der Waals surface area contributed by atoms with E-state index in [1.54, 1.807) is 12.1 Å². The molecule has 0 amide bonds. The zero-order valence-corrected chi connectivity index (χ0v) is 11.8. The Morgan fingerprint density at radius 1 is 1.40 bits per heavy atom. The summed E-state index contributed by atoms with van der Waals surface area (Å²) < 4.78 is 5.29. The van der Waals surface area contributed by atoms with Crippen molar-refractivity contribution in [1.82, 2.24) is 10.1 Å². The number of rotatable bonds is 4. The molecule has 1 aromatic heterocycles. The van der Waals surface area contributed by atoms with Gasteiger partial charge in [-0.15, -0.1) is 0 Å². The Bertz CT molecular complexity index is 564. The third kappa shape index (κ3) is 2.96. The van der Waals surface area contributed by atoms with Crippen LogP contribution in [0.5, 0.6) is 5.75 Å². The van der Waals surface area contributed by atoms with Crippen molar-refractivity contribution >= 4 is 11.8 Å². The van der Waals surface area contributed by atoms with Gasteiger partial charge in [0.05, 0.1) is 11.3 Å². The molecule has 2 atom stereocenters. The molecule has 5 nitrogen and oxygen atoms in total. The number of aromatic nitrogens is 2. The summed E-state index contributed by atoms with van der Waals surface area (Å²) in [4.78, 5) is 4.43. The molecule has 106 valence electrons. The lowest BCUT2D eigenvalue weighted by Crippen LogP contribution is -2.13. The molecule has 1 aromatic carbocycles. The molecule has 0 saturated carbocycles. The number of aromatic hydroxyl groups is 1. The van der Waals surface area contributed by atoms with Gasteiger partial charge in [-0.05, 0) is 42.7 Å². The molecular formula is C14H17N3O2S. The first-order valence-corrected chi connectivity index (χ1v) is 7.76. The fourth-order valence-electron chi connectivity index (χ4n) is 2.28. The van der Waals surface area contributed by atoms with Gasteiger partial charge in [0.25, 0.3) is 0 Å². The Hall–Kier alpha value is -1.53. The molecule has 20 heavy (non-hydrogen) atoms. The van der Waals surface area contributed by atoms with Crippen molar-refractivity contribution in [2.45, 2.75) is 30.6 Å². The van der Waals surface area contributed by atoms with E-state index in [4.69, 9.17) is 10.3 Å². The van der Waals surface area contributed by atoms with Crippen LogP contribution in [0.15, 0.2) is 28.8 Å². The van der Waals surface area contributed by atoms with E-state index < -0.39 is 0 Å². The molecule has 2 unspecified atom stereocenters. The SMILES string of the molecule is NC(Cc1ccc(O)cc1)c1nc(C2CCCS2)no1. The van der Waals surface area contributed by atoms with Crippen LogP contribution in [0.2, 0.25) is 0 Å². The van der Waals surface area contributed by atoms with Crippen LogP contribution < -0.4 is 5.73 Å². The van der Waals surface area contributed by atoms with Gasteiger partial charge in [0.2, 0.25) is 5.89 Å². The van der Waals surface area contributed by atoms with Crippen molar-refractivity contribution in [3.63, 3.8) is 0 Å². The van der Waals surface area contributed by atoms with E-state index in [9.17, 15) is 5.11 Å². The summed E-state index contributed by atoms with van der Waals surface area (Å²) in [5.41, 5.74) is 7.14. The highest BCUT2D eigenvalue weighted by Crippen LogP contribution is 2.38. The van der Waals surface area contributed by atoms with Crippen LogP contribution >= 0.6 is 11.8 Å². The van der Waals surface area contributed by atoms with Gasteiger partial charge in [-0.2, -0.15) is 16.7 Å². The predicted molar refractivity (Wildman–Crippen MR) is 77.5 cm³/mol. The molecule has 2 heterocycles. The first kappa shape index (κ1) is 13.5. The second-order valence-corrected chi connectivity index (χ2v) is 6.28. The quantitative estimate of drug-likeness (QED) is 0.900. The molecule has 2 aromatic rings. The first-order valence-electron chi connectivity index (χ1n) is 6.71.